The van der Waals surface area contributed by atoms with Crippen LogP contribution in [0.25, 0.3) is 0 Å². The van der Waals surface area contributed by atoms with Crippen LogP contribution in [0.1, 0.15) is 106 Å². The summed E-state index contributed by atoms with van der Waals surface area (Å²) in [5.74, 6) is -4.87. The van der Waals surface area contributed by atoms with E-state index in [0.717, 1.165) is 0 Å². The standard InChI is InChI=1S/C33H36F3O7P/c1-7-19-13-28(31(34)22(10-4)25(19)16-37)41-44(40,42-29-14-20(8-2)26(17-38)23(11-5)32(29)35)43-30-15-21(9-3)27(18-39)24(12-6)33(30)36/h13-18H,7-12H2,1-6H3. The Morgan fingerprint density at radius 2 is 0.773 bits per heavy atom. The van der Waals surface area contributed by atoms with E-state index in [-0.39, 0.29) is 71.9 Å². The third kappa shape index (κ3) is 6.60. The Labute approximate surface area is 255 Å². The third-order valence-electron chi connectivity index (χ3n) is 7.56. The molecule has 0 aromatic heterocycles. The molecule has 0 radical (unpaired) electrons. The first-order chi connectivity index (χ1) is 21.0. The Morgan fingerprint density at radius 1 is 0.523 bits per heavy atom. The molecule has 0 unspecified atom stereocenters. The molecule has 7 nitrogen and oxygen atoms in total. The van der Waals surface area contributed by atoms with E-state index in [9.17, 15) is 18.9 Å². The Bertz CT molecular complexity index is 1450. The van der Waals surface area contributed by atoms with Crippen LogP contribution < -0.4 is 13.6 Å². The van der Waals surface area contributed by atoms with Gasteiger partial charge >= 0.3 is 7.82 Å². The first-order valence-corrected chi connectivity index (χ1v) is 16.0. The average Bonchev–Trinajstić information content (AvgIpc) is 3.02. The minimum absolute atomic E-state index is 0.00740. The molecule has 0 heterocycles. The highest BCUT2D eigenvalue weighted by Crippen LogP contribution is 2.53. The van der Waals surface area contributed by atoms with Gasteiger partial charge in [-0.15, -0.1) is 0 Å². The van der Waals surface area contributed by atoms with Crippen LogP contribution in [0, 0.1) is 17.5 Å². The van der Waals surface area contributed by atoms with Crippen LogP contribution in [0.15, 0.2) is 18.2 Å². The molecular formula is C33H36F3O7P. The Kier molecular flexibility index (Phi) is 11.6. The summed E-state index contributed by atoms with van der Waals surface area (Å²) in [6.07, 6.45) is 2.65. The summed E-state index contributed by atoms with van der Waals surface area (Å²) >= 11 is 0. The van der Waals surface area contributed by atoms with Gasteiger partial charge in [0.2, 0.25) is 0 Å². The lowest BCUT2D eigenvalue weighted by Gasteiger charge is -2.23. The van der Waals surface area contributed by atoms with Crippen molar-refractivity contribution in [2.24, 2.45) is 0 Å². The Balaban J connectivity index is 2.32. The van der Waals surface area contributed by atoms with Crippen molar-refractivity contribution in [3.8, 4) is 17.2 Å². The van der Waals surface area contributed by atoms with Gasteiger partial charge in [0.25, 0.3) is 0 Å². The summed E-state index contributed by atoms with van der Waals surface area (Å²) < 4.78 is 78.4. The number of carbonyl (C=O) groups excluding carboxylic acids is 3. The summed E-state index contributed by atoms with van der Waals surface area (Å²) in [4.78, 5) is 35.3. The van der Waals surface area contributed by atoms with Crippen LogP contribution in [0.2, 0.25) is 0 Å². The highest BCUT2D eigenvalue weighted by molar-refractivity contribution is 7.49. The van der Waals surface area contributed by atoms with E-state index in [2.05, 4.69) is 0 Å². The number of benzene rings is 3. The van der Waals surface area contributed by atoms with Crippen molar-refractivity contribution in [3.05, 3.63) is 85.7 Å². The van der Waals surface area contributed by atoms with Gasteiger partial charge in [-0.05, 0) is 73.4 Å². The van der Waals surface area contributed by atoms with Crippen molar-refractivity contribution in [3.63, 3.8) is 0 Å². The summed E-state index contributed by atoms with van der Waals surface area (Å²) in [5, 5.41) is 0. The Morgan fingerprint density at radius 3 is 0.955 bits per heavy atom. The molecule has 0 saturated heterocycles. The summed E-state index contributed by atoms with van der Waals surface area (Å²) in [5.41, 5.74) is 1.46. The predicted molar refractivity (Wildman–Crippen MR) is 161 cm³/mol. The van der Waals surface area contributed by atoms with Crippen LogP contribution in [-0.4, -0.2) is 18.9 Å². The zero-order valence-corrected chi connectivity index (χ0v) is 26.5. The lowest BCUT2D eigenvalue weighted by Crippen LogP contribution is -2.14. The van der Waals surface area contributed by atoms with Crippen LogP contribution >= 0.6 is 7.82 Å². The zero-order valence-electron chi connectivity index (χ0n) is 25.6. The molecule has 0 saturated carbocycles. The third-order valence-corrected chi connectivity index (χ3v) is 8.82. The van der Waals surface area contributed by atoms with E-state index in [0.29, 0.717) is 35.5 Å². The minimum Gasteiger partial charge on any atom is -0.383 e. The molecule has 0 aliphatic carbocycles. The lowest BCUT2D eigenvalue weighted by atomic mass is 9.97. The van der Waals surface area contributed by atoms with Crippen molar-refractivity contribution < 1.29 is 45.7 Å². The van der Waals surface area contributed by atoms with Crippen molar-refractivity contribution in [1.82, 2.24) is 0 Å². The number of phosphoric ester groups is 1. The van der Waals surface area contributed by atoms with Gasteiger partial charge in [-0.2, -0.15) is 4.57 Å². The molecule has 0 spiro atoms. The van der Waals surface area contributed by atoms with E-state index in [1.807, 2.05) is 0 Å². The maximum absolute atomic E-state index is 15.7. The number of rotatable bonds is 15. The molecule has 3 aromatic carbocycles. The molecule has 0 N–H and O–H groups in total. The van der Waals surface area contributed by atoms with Gasteiger partial charge in [-0.3, -0.25) is 14.4 Å². The maximum atomic E-state index is 15.7. The van der Waals surface area contributed by atoms with Crippen molar-refractivity contribution in [2.45, 2.75) is 80.1 Å². The van der Waals surface area contributed by atoms with Crippen molar-refractivity contribution in [1.29, 1.82) is 0 Å². The zero-order chi connectivity index (χ0) is 32.8. The Hall–Kier alpha value is -3.91. The largest absolute Gasteiger partial charge is 0.647 e. The number of hydrogen-bond acceptors (Lipinski definition) is 7. The normalized spacial score (nSPS) is 11.3. The second-order valence-corrected chi connectivity index (χ2v) is 11.4. The SMILES string of the molecule is CCc1cc(OP(=O)(Oc2cc(CC)c(C=O)c(CC)c2F)Oc2cc(CC)c(C=O)c(CC)c2F)c(F)c(CC)c1C=O. The van der Waals surface area contributed by atoms with Gasteiger partial charge in [-0.25, -0.2) is 13.2 Å². The number of phosphoric acid groups is 1. The molecule has 236 valence electrons. The van der Waals surface area contributed by atoms with Gasteiger partial charge < -0.3 is 13.6 Å². The van der Waals surface area contributed by atoms with Gasteiger partial charge in [0.05, 0.1) is 0 Å². The monoisotopic (exact) mass is 632 g/mol. The fourth-order valence-corrected chi connectivity index (χ4v) is 6.48. The van der Waals surface area contributed by atoms with Crippen LogP contribution in [0.3, 0.4) is 0 Å². The van der Waals surface area contributed by atoms with Crippen molar-refractivity contribution >= 4 is 26.7 Å². The number of aryl methyl sites for hydroxylation is 3. The topological polar surface area (TPSA) is 96.0 Å². The van der Waals surface area contributed by atoms with Crippen LogP contribution in [0.5, 0.6) is 17.2 Å². The highest BCUT2D eigenvalue weighted by Gasteiger charge is 2.38. The maximum Gasteiger partial charge on any atom is 0.647 e. The van der Waals surface area contributed by atoms with Crippen LogP contribution in [0.4, 0.5) is 13.2 Å². The van der Waals surface area contributed by atoms with Gasteiger partial charge in [0.1, 0.15) is 0 Å². The van der Waals surface area contributed by atoms with E-state index in [1.165, 1.54) is 18.2 Å². The molecule has 0 aliphatic heterocycles. The highest BCUT2D eigenvalue weighted by atomic mass is 31.2. The molecule has 3 rings (SSSR count). The average molecular weight is 633 g/mol. The molecule has 0 bridgehead atoms. The number of carbonyl (C=O) groups is 3. The first-order valence-electron chi connectivity index (χ1n) is 14.6. The minimum atomic E-state index is -5.20. The molecule has 3 aromatic rings. The molecule has 0 aliphatic rings. The van der Waals surface area contributed by atoms with E-state index in [4.69, 9.17) is 13.6 Å². The fraction of sp³-hybridized carbons (Fsp3) is 0.364. The van der Waals surface area contributed by atoms with E-state index < -0.39 is 42.5 Å². The fourth-order valence-electron chi connectivity index (χ4n) is 5.25. The van der Waals surface area contributed by atoms with E-state index in [1.54, 1.807) is 41.5 Å². The molecule has 44 heavy (non-hydrogen) atoms. The van der Waals surface area contributed by atoms with Crippen molar-refractivity contribution in [2.75, 3.05) is 0 Å². The number of halogens is 3. The number of aldehydes is 3. The molecule has 0 fully saturated rings. The summed E-state index contributed by atoms with van der Waals surface area (Å²) in [7, 11) is -5.20. The van der Waals surface area contributed by atoms with Gasteiger partial charge in [0.15, 0.2) is 53.6 Å². The summed E-state index contributed by atoms with van der Waals surface area (Å²) in [6, 6.07) is 3.50. The predicted octanol–water partition coefficient (Wildman–Crippen LogP) is 8.56. The molecule has 11 heteroatoms. The lowest BCUT2D eigenvalue weighted by molar-refractivity contribution is 0.111. The second-order valence-electron chi connectivity index (χ2n) is 9.92. The van der Waals surface area contributed by atoms with Gasteiger partial charge in [0, 0.05) is 33.4 Å². The van der Waals surface area contributed by atoms with Crippen LogP contribution in [-0.2, 0) is 43.1 Å². The quantitative estimate of drug-likeness (QED) is 0.122. The van der Waals surface area contributed by atoms with Gasteiger partial charge in [-0.1, -0.05) is 41.5 Å². The second kappa shape index (κ2) is 14.7. The smallest absolute Gasteiger partial charge is 0.383 e. The first kappa shape index (κ1) is 34.6. The molecular weight excluding hydrogens is 596 g/mol. The summed E-state index contributed by atoms with van der Waals surface area (Å²) in [6.45, 7) is 10.0. The molecule has 0 amide bonds. The number of hydrogen-bond donors (Lipinski definition) is 0. The van der Waals surface area contributed by atoms with E-state index >= 15 is 13.2 Å². The molecule has 0 atom stereocenters.